The number of alkyl halides is 3. The van der Waals surface area contributed by atoms with Gasteiger partial charge in [-0.05, 0) is 17.5 Å². The van der Waals surface area contributed by atoms with Crippen molar-refractivity contribution in [2.75, 3.05) is 5.32 Å². The van der Waals surface area contributed by atoms with Crippen molar-refractivity contribution in [1.82, 2.24) is 9.78 Å². The van der Waals surface area contributed by atoms with Crippen LogP contribution in [-0.2, 0) is 6.42 Å². The van der Waals surface area contributed by atoms with Crippen molar-refractivity contribution in [1.29, 1.82) is 5.26 Å². The van der Waals surface area contributed by atoms with Gasteiger partial charge in [0.2, 0.25) is 0 Å². The lowest BCUT2D eigenvalue weighted by molar-refractivity contribution is -0.173. The van der Waals surface area contributed by atoms with Crippen LogP contribution in [0.5, 0.6) is 0 Å². The minimum absolute atomic E-state index is 0.120. The highest BCUT2D eigenvalue weighted by Crippen LogP contribution is 2.44. The van der Waals surface area contributed by atoms with E-state index in [2.05, 4.69) is 10.4 Å². The predicted molar refractivity (Wildman–Crippen MR) is 78.8 cm³/mol. The molecule has 3 rings (SSSR count). The fourth-order valence-corrected chi connectivity index (χ4v) is 2.85. The van der Waals surface area contributed by atoms with Gasteiger partial charge >= 0.3 is 6.18 Å². The lowest BCUT2D eigenvalue weighted by Gasteiger charge is -2.33. The summed E-state index contributed by atoms with van der Waals surface area (Å²) in [5, 5.41) is 15.8. The summed E-state index contributed by atoms with van der Waals surface area (Å²) >= 11 is 0. The second-order valence-corrected chi connectivity index (χ2v) is 5.55. The summed E-state index contributed by atoms with van der Waals surface area (Å²) in [7, 11) is 0. The monoisotopic (exact) mass is 320 g/mol. The van der Waals surface area contributed by atoms with Gasteiger partial charge in [0.1, 0.15) is 17.5 Å². The number of halogens is 3. The number of hydrogen-bond acceptors (Lipinski definition) is 3. The summed E-state index contributed by atoms with van der Waals surface area (Å²) < 4.78 is 41.0. The zero-order valence-corrected chi connectivity index (χ0v) is 12.4. The minimum atomic E-state index is -4.42. The van der Waals surface area contributed by atoms with Crippen LogP contribution in [0.2, 0.25) is 0 Å². The first-order valence-corrected chi connectivity index (χ1v) is 7.33. The van der Waals surface area contributed by atoms with Crippen LogP contribution in [-0.4, -0.2) is 16.0 Å². The van der Waals surface area contributed by atoms with E-state index >= 15 is 0 Å². The van der Waals surface area contributed by atoms with Gasteiger partial charge < -0.3 is 5.32 Å². The van der Waals surface area contributed by atoms with Crippen molar-refractivity contribution in [3.05, 3.63) is 47.2 Å². The molecule has 2 atom stereocenters. The molecule has 0 fully saturated rings. The van der Waals surface area contributed by atoms with Gasteiger partial charge in [0.25, 0.3) is 0 Å². The summed E-state index contributed by atoms with van der Waals surface area (Å²) in [6.45, 7) is 2.02. The fourth-order valence-electron chi connectivity index (χ4n) is 2.85. The first-order valence-electron chi connectivity index (χ1n) is 7.33. The zero-order valence-electron chi connectivity index (χ0n) is 12.4. The average molecular weight is 320 g/mol. The van der Waals surface area contributed by atoms with Crippen LogP contribution in [0.25, 0.3) is 0 Å². The molecule has 0 radical (unpaired) electrons. The molecule has 0 saturated heterocycles. The van der Waals surface area contributed by atoms with Crippen LogP contribution in [0.4, 0.5) is 19.0 Å². The van der Waals surface area contributed by atoms with Crippen LogP contribution < -0.4 is 5.32 Å². The van der Waals surface area contributed by atoms with E-state index in [1.807, 2.05) is 37.3 Å². The summed E-state index contributed by atoms with van der Waals surface area (Å²) in [5.74, 6) is 0.130. The maximum absolute atomic E-state index is 13.4. The van der Waals surface area contributed by atoms with E-state index in [4.69, 9.17) is 5.26 Å². The molecule has 4 nitrogen and oxygen atoms in total. The maximum atomic E-state index is 13.4. The normalized spacial score (nSPS) is 20.5. The molecular weight excluding hydrogens is 305 g/mol. The number of aryl methyl sites for hydroxylation is 1. The van der Waals surface area contributed by atoms with E-state index in [9.17, 15) is 13.2 Å². The third-order valence-electron chi connectivity index (χ3n) is 4.15. The molecular formula is C16H15F3N4. The molecule has 120 valence electrons. The molecule has 0 unspecified atom stereocenters. The first kappa shape index (κ1) is 15.4. The highest BCUT2D eigenvalue weighted by Gasteiger charge is 2.46. The van der Waals surface area contributed by atoms with Crippen LogP contribution in [0.15, 0.2) is 30.5 Å². The highest BCUT2D eigenvalue weighted by molar-refractivity contribution is 5.54. The first-order chi connectivity index (χ1) is 10.9. The van der Waals surface area contributed by atoms with Crippen molar-refractivity contribution in [2.45, 2.75) is 38.0 Å². The van der Waals surface area contributed by atoms with Gasteiger partial charge in [-0.15, -0.1) is 0 Å². The molecule has 1 aromatic heterocycles. The number of nitriles is 1. The number of nitrogens with one attached hydrogen (secondary N) is 1. The van der Waals surface area contributed by atoms with Crippen LogP contribution in [0, 0.1) is 11.3 Å². The smallest absolute Gasteiger partial charge is 0.362 e. The largest absolute Gasteiger partial charge is 0.410 e. The van der Waals surface area contributed by atoms with Crippen LogP contribution >= 0.6 is 0 Å². The van der Waals surface area contributed by atoms with E-state index in [1.165, 1.54) is 6.20 Å². The van der Waals surface area contributed by atoms with Crippen molar-refractivity contribution < 1.29 is 13.2 Å². The van der Waals surface area contributed by atoms with E-state index in [1.54, 1.807) is 0 Å². The molecule has 0 bridgehead atoms. The Morgan fingerprint density at radius 1 is 1.35 bits per heavy atom. The van der Waals surface area contributed by atoms with E-state index in [0.29, 0.717) is 0 Å². The van der Waals surface area contributed by atoms with Crippen molar-refractivity contribution in [2.24, 2.45) is 0 Å². The zero-order chi connectivity index (χ0) is 16.6. The van der Waals surface area contributed by atoms with Crippen molar-refractivity contribution in [3.63, 3.8) is 0 Å². The number of aromatic nitrogens is 2. The van der Waals surface area contributed by atoms with Crippen LogP contribution in [0.3, 0.4) is 0 Å². The second kappa shape index (κ2) is 5.61. The average Bonchev–Trinajstić information content (AvgIpc) is 2.96. The molecule has 2 aromatic rings. The number of hydrogen-bond donors (Lipinski definition) is 1. The summed E-state index contributed by atoms with van der Waals surface area (Å²) in [4.78, 5) is 0. The quantitative estimate of drug-likeness (QED) is 0.910. The summed E-state index contributed by atoms with van der Waals surface area (Å²) in [5.41, 5.74) is 2.02. The number of rotatable bonds is 2. The molecule has 1 aromatic carbocycles. The van der Waals surface area contributed by atoms with Gasteiger partial charge in [0.15, 0.2) is 6.04 Å². The molecule has 0 aliphatic carbocycles. The van der Waals surface area contributed by atoms with Gasteiger partial charge in [-0.25, -0.2) is 4.68 Å². The maximum Gasteiger partial charge on any atom is 0.410 e. The molecule has 0 saturated carbocycles. The molecule has 23 heavy (non-hydrogen) atoms. The predicted octanol–water partition coefficient (Wildman–Crippen LogP) is 3.98. The number of fused-ring (bicyclic) bond motifs is 1. The molecule has 1 aliphatic heterocycles. The van der Waals surface area contributed by atoms with E-state index in [0.717, 1.165) is 22.2 Å². The number of benzene rings is 1. The van der Waals surface area contributed by atoms with E-state index < -0.39 is 18.3 Å². The molecule has 0 amide bonds. The number of anilines is 1. The van der Waals surface area contributed by atoms with Crippen molar-refractivity contribution >= 4 is 5.82 Å². The standard InChI is InChI=1S/C16H15F3N4/c1-2-10-3-5-11(6-4-10)13-7-14(16(17,18)19)23-15(22-13)12(8-20)9-21-23/h3-6,9,13-14,22H,2,7H2,1H3/t13-,14+/m1/s1. The molecule has 1 N–H and O–H groups in total. The Balaban J connectivity index is 2.00. The van der Waals surface area contributed by atoms with Crippen molar-refractivity contribution in [3.8, 4) is 6.07 Å². The molecule has 7 heteroatoms. The minimum Gasteiger partial charge on any atom is -0.362 e. The Kier molecular flexibility index (Phi) is 3.76. The van der Waals surface area contributed by atoms with Gasteiger partial charge in [-0.3, -0.25) is 0 Å². The van der Waals surface area contributed by atoms with Crippen LogP contribution in [0.1, 0.15) is 42.1 Å². The fraction of sp³-hybridized carbons (Fsp3) is 0.375. The lowest BCUT2D eigenvalue weighted by atomic mass is 9.95. The summed E-state index contributed by atoms with van der Waals surface area (Å²) in [6.07, 6.45) is -2.54. The highest BCUT2D eigenvalue weighted by atomic mass is 19.4. The van der Waals surface area contributed by atoms with E-state index in [-0.39, 0.29) is 17.8 Å². The topological polar surface area (TPSA) is 53.6 Å². The summed E-state index contributed by atoms with van der Waals surface area (Å²) in [6, 6.07) is 7.13. The lowest BCUT2D eigenvalue weighted by Crippen LogP contribution is -2.35. The van der Waals surface area contributed by atoms with Gasteiger partial charge in [-0.2, -0.15) is 23.5 Å². The molecule has 0 spiro atoms. The molecule has 2 heterocycles. The Morgan fingerprint density at radius 2 is 2.04 bits per heavy atom. The van der Waals surface area contributed by atoms with Gasteiger partial charge in [0, 0.05) is 6.42 Å². The Labute approximate surface area is 131 Å². The Hall–Kier alpha value is -2.49. The Bertz CT molecular complexity index is 740. The molecule has 1 aliphatic rings. The third-order valence-corrected chi connectivity index (χ3v) is 4.15. The third kappa shape index (κ3) is 2.77. The van der Waals surface area contributed by atoms with Gasteiger partial charge in [0.05, 0.1) is 12.2 Å². The van der Waals surface area contributed by atoms with Gasteiger partial charge in [-0.1, -0.05) is 31.2 Å². The SMILES string of the molecule is CCc1ccc([C@H]2C[C@@H](C(F)(F)F)n3ncc(C#N)c3N2)cc1. The second-order valence-electron chi connectivity index (χ2n) is 5.55. The number of nitrogens with zero attached hydrogens (tertiary/aromatic N) is 3. The Morgan fingerprint density at radius 3 is 2.61 bits per heavy atom.